The van der Waals surface area contributed by atoms with Gasteiger partial charge in [-0.1, -0.05) is 23.7 Å². The number of rotatable bonds is 4. The molecule has 0 aliphatic heterocycles. The summed E-state index contributed by atoms with van der Waals surface area (Å²) in [7, 11) is 1.61. The average Bonchev–Trinajstić information content (AvgIpc) is 2.41. The normalized spacial score (nSPS) is 12.2. The summed E-state index contributed by atoms with van der Waals surface area (Å²) in [4.78, 5) is 0. The number of benzene rings is 2. The number of hydrogen-bond donors (Lipinski definition) is 1. The Labute approximate surface area is 117 Å². The van der Waals surface area contributed by atoms with Crippen LogP contribution in [0.15, 0.2) is 42.5 Å². The summed E-state index contributed by atoms with van der Waals surface area (Å²) in [6, 6.07) is 11.5. The molecule has 4 heteroatoms. The molecule has 0 heterocycles. The van der Waals surface area contributed by atoms with E-state index in [2.05, 4.69) is 0 Å². The Morgan fingerprint density at radius 3 is 2.79 bits per heavy atom. The molecule has 0 fully saturated rings. The van der Waals surface area contributed by atoms with E-state index in [-0.39, 0.29) is 5.82 Å². The van der Waals surface area contributed by atoms with Gasteiger partial charge in [-0.2, -0.15) is 0 Å². The van der Waals surface area contributed by atoms with Crippen molar-refractivity contribution >= 4 is 11.6 Å². The fourth-order valence-corrected chi connectivity index (χ4v) is 2.14. The Hall–Kier alpha value is -1.58. The van der Waals surface area contributed by atoms with Crippen molar-refractivity contribution in [1.29, 1.82) is 0 Å². The molecule has 0 spiro atoms. The van der Waals surface area contributed by atoms with Crippen LogP contribution in [0.5, 0.6) is 5.75 Å². The molecule has 1 atom stereocenters. The van der Waals surface area contributed by atoms with E-state index in [1.165, 1.54) is 12.1 Å². The zero-order chi connectivity index (χ0) is 13.8. The fourth-order valence-electron chi connectivity index (χ4n) is 1.96. The van der Waals surface area contributed by atoms with Crippen LogP contribution in [-0.2, 0) is 6.42 Å². The van der Waals surface area contributed by atoms with Gasteiger partial charge in [0, 0.05) is 16.6 Å². The van der Waals surface area contributed by atoms with Gasteiger partial charge in [-0.25, -0.2) is 4.39 Å². The third-order valence-electron chi connectivity index (χ3n) is 2.95. The molecule has 0 amide bonds. The van der Waals surface area contributed by atoms with Gasteiger partial charge in [-0.3, -0.25) is 0 Å². The molecule has 2 aromatic rings. The van der Waals surface area contributed by atoms with E-state index in [0.717, 1.165) is 11.3 Å². The van der Waals surface area contributed by atoms with Crippen LogP contribution < -0.4 is 10.5 Å². The Bertz CT molecular complexity index is 574. The summed E-state index contributed by atoms with van der Waals surface area (Å²) in [5.74, 6) is 0.427. The third-order valence-corrected chi connectivity index (χ3v) is 3.18. The molecule has 2 rings (SSSR count). The van der Waals surface area contributed by atoms with Crippen molar-refractivity contribution in [3.8, 4) is 5.75 Å². The second-order valence-electron chi connectivity index (χ2n) is 4.33. The quantitative estimate of drug-likeness (QED) is 0.925. The van der Waals surface area contributed by atoms with Crippen molar-refractivity contribution in [2.24, 2.45) is 5.73 Å². The Morgan fingerprint density at radius 2 is 2.05 bits per heavy atom. The predicted molar refractivity (Wildman–Crippen MR) is 75.0 cm³/mol. The molecule has 0 aromatic heterocycles. The summed E-state index contributed by atoms with van der Waals surface area (Å²) < 4.78 is 18.9. The highest BCUT2D eigenvalue weighted by molar-refractivity contribution is 6.30. The van der Waals surface area contributed by atoms with Crippen molar-refractivity contribution < 1.29 is 9.13 Å². The molecule has 0 saturated heterocycles. The minimum absolute atomic E-state index is 0.334. The monoisotopic (exact) mass is 279 g/mol. The second kappa shape index (κ2) is 6.04. The van der Waals surface area contributed by atoms with E-state index in [4.69, 9.17) is 22.1 Å². The van der Waals surface area contributed by atoms with Crippen LogP contribution in [0.2, 0.25) is 5.02 Å². The smallest absolute Gasteiger partial charge is 0.128 e. The van der Waals surface area contributed by atoms with Crippen LogP contribution in [0, 0.1) is 5.82 Å². The highest BCUT2D eigenvalue weighted by Gasteiger charge is 2.13. The highest BCUT2D eigenvalue weighted by Crippen LogP contribution is 2.24. The van der Waals surface area contributed by atoms with Gasteiger partial charge < -0.3 is 10.5 Å². The predicted octanol–water partition coefficient (Wildman–Crippen LogP) is 3.73. The van der Waals surface area contributed by atoms with Crippen LogP contribution in [0.3, 0.4) is 0 Å². The first-order valence-corrected chi connectivity index (χ1v) is 6.31. The van der Waals surface area contributed by atoms with E-state index < -0.39 is 6.04 Å². The SMILES string of the molecule is COc1cccc(CC(N)c2cc(Cl)ccc2F)c1. The summed E-state index contributed by atoms with van der Waals surface area (Å²) in [6.07, 6.45) is 0.522. The molecule has 2 nitrogen and oxygen atoms in total. The minimum atomic E-state index is -0.439. The zero-order valence-electron chi connectivity index (χ0n) is 10.6. The fraction of sp³-hybridized carbons (Fsp3) is 0.200. The summed E-state index contributed by atoms with van der Waals surface area (Å²) >= 11 is 5.87. The Morgan fingerprint density at radius 1 is 1.26 bits per heavy atom. The Kier molecular flexibility index (Phi) is 4.40. The van der Waals surface area contributed by atoms with Crippen molar-refractivity contribution in [2.75, 3.05) is 7.11 Å². The molecular weight excluding hydrogens is 265 g/mol. The molecule has 0 aliphatic carbocycles. The lowest BCUT2D eigenvalue weighted by Gasteiger charge is -2.14. The van der Waals surface area contributed by atoms with E-state index in [1.807, 2.05) is 24.3 Å². The topological polar surface area (TPSA) is 35.2 Å². The van der Waals surface area contributed by atoms with E-state index in [1.54, 1.807) is 13.2 Å². The first kappa shape index (κ1) is 13.8. The maximum Gasteiger partial charge on any atom is 0.128 e. The number of hydrogen-bond acceptors (Lipinski definition) is 2. The van der Waals surface area contributed by atoms with Gasteiger partial charge in [0.05, 0.1) is 7.11 Å². The van der Waals surface area contributed by atoms with Gasteiger partial charge in [0.1, 0.15) is 11.6 Å². The first-order valence-electron chi connectivity index (χ1n) is 5.93. The number of ether oxygens (including phenoxy) is 1. The number of methoxy groups -OCH3 is 1. The van der Waals surface area contributed by atoms with Crippen molar-refractivity contribution in [2.45, 2.75) is 12.5 Å². The van der Waals surface area contributed by atoms with Crippen molar-refractivity contribution in [3.63, 3.8) is 0 Å². The molecule has 1 unspecified atom stereocenters. The van der Waals surface area contributed by atoms with E-state index in [0.29, 0.717) is 17.0 Å². The van der Waals surface area contributed by atoms with Crippen LogP contribution >= 0.6 is 11.6 Å². The van der Waals surface area contributed by atoms with Crippen molar-refractivity contribution in [3.05, 3.63) is 64.4 Å². The Balaban J connectivity index is 2.20. The molecular formula is C15H15ClFNO. The van der Waals surface area contributed by atoms with Gasteiger partial charge in [0.25, 0.3) is 0 Å². The van der Waals surface area contributed by atoms with E-state index >= 15 is 0 Å². The summed E-state index contributed by atoms with van der Waals surface area (Å²) in [5.41, 5.74) is 7.47. The average molecular weight is 280 g/mol. The number of halogens is 2. The van der Waals surface area contributed by atoms with Gasteiger partial charge in [0.15, 0.2) is 0 Å². The zero-order valence-corrected chi connectivity index (χ0v) is 11.3. The molecule has 2 N–H and O–H groups in total. The van der Waals surface area contributed by atoms with Crippen LogP contribution in [0.1, 0.15) is 17.2 Å². The molecule has 2 aromatic carbocycles. The maximum absolute atomic E-state index is 13.7. The van der Waals surface area contributed by atoms with Crippen LogP contribution in [-0.4, -0.2) is 7.11 Å². The molecule has 0 radical (unpaired) electrons. The second-order valence-corrected chi connectivity index (χ2v) is 4.76. The van der Waals surface area contributed by atoms with Gasteiger partial charge in [0.2, 0.25) is 0 Å². The van der Waals surface area contributed by atoms with Crippen LogP contribution in [0.4, 0.5) is 4.39 Å². The molecule has 19 heavy (non-hydrogen) atoms. The first-order chi connectivity index (χ1) is 9.10. The van der Waals surface area contributed by atoms with Gasteiger partial charge in [-0.05, 0) is 42.3 Å². The van der Waals surface area contributed by atoms with Gasteiger partial charge >= 0.3 is 0 Å². The molecule has 100 valence electrons. The summed E-state index contributed by atoms with van der Waals surface area (Å²) in [6.45, 7) is 0. The van der Waals surface area contributed by atoms with Crippen LogP contribution in [0.25, 0.3) is 0 Å². The molecule has 0 bridgehead atoms. The minimum Gasteiger partial charge on any atom is -0.497 e. The van der Waals surface area contributed by atoms with Gasteiger partial charge in [-0.15, -0.1) is 0 Å². The van der Waals surface area contributed by atoms with E-state index in [9.17, 15) is 4.39 Å². The maximum atomic E-state index is 13.7. The molecule has 0 saturated carbocycles. The third kappa shape index (κ3) is 3.46. The lowest BCUT2D eigenvalue weighted by molar-refractivity contribution is 0.414. The lowest BCUT2D eigenvalue weighted by atomic mass is 9.99. The number of nitrogens with two attached hydrogens (primary N) is 1. The standard InChI is InChI=1S/C15H15ClFNO/c1-19-12-4-2-3-10(7-12)8-15(18)13-9-11(16)5-6-14(13)17/h2-7,9,15H,8,18H2,1H3. The highest BCUT2D eigenvalue weighted by atomic mass is 35.5. The molecule has 0 aliphatic rings. The summed E-state index contributed by atoms with van der Waals surface area (Å²) in [5, 5.41) is 0.484. The largest absolute Gasteiger partial charge is 0.497 e. The van der Waals surface area contributed by atoms with Crippen molar-refractivity contribution in [1.82, 2.24) is 0 Å². The lowest BCUT2D eigenvalue weighted by Crippen LogP contribution is -2.15.